The van der Waals surface area contributed by atoms with Crippen LogP contribution in [0.2, 0.25) is 0 Å². The second-order valence-corrected chi connectivity index (χ2v) is 5.28. The Hall–Kier alpha value is -1.39. The number of carbonyl (C=O) groups is 2. The maximum absolute atomic E-state index is 12.1. The highest BCUT2D eigenvalue weighted by Gasteiger charge is 2.36. The van der Waals surface area contributed by atoms with E-state index in [1.165, 1.54) is 11.0 Å². The van der Waals surface area contributed by atoms with Crippen LogP contribution in [0.3, 0.4) is 0 Å². The molecular formula is C14H22FNO3. The smallest absolute Gasteiger partial charge is 0.328 e. The standard InChI is InChI=1S/C14H22FNO3/c1-4-12(14(18)19-9-10(2)3)16-8-11(5-6-15)7-13(16)17/h5-6,10-12H,4,7-9H2,1-3H3/b6-5-. The van der Waals surface area contributed by atoms with E-state index in [2.05, 4.69) is 0 Å². The molecule has 1 saturated heterocycles. The Balaban J connectivity index is 2.64. The quantitative estimate of drug-likeness (QED) is 0.696. The monoisotopic (exact) mass is 271 g/mol. The van der Waals surface area contributed by atoms with Gasteiger partial charge in [-0.15, -0.1) is 0 Å². The summed E-state index contributed by atoms with van der Waals surface area (Å²) in [6.07, 6.45) is 2.59. The molecule has 1 rings (SSSR count). The van der Waals surface area contributed by atoms with Crippen molar-refractivity contribution in [3.05, 3.63) is 12.4 Å². The van der Waals surface area contributed by atoms with Crippen molar-refractivity contribution in [1.82, 2.24) is 4.90 Å². The molecule has 2 unspecified atom stereocenters. The minimum atomic E-state index is -0.552. The third-order valence-corrected chi connectivity index (χ3v) is 3.13. The van der Waals surface area contributed by atoms with Gasteiger partial charge in [0.05, 0.1) is 12.9 Å². The highest BCUT2D eigenvalue weighted by Crippen LogP contribution is 2.23. The summed E-state index contributed by atoms with van der Waals surface area (Å²) in [6.45, 7) is 6.49. The topological polar surface area (TPSA) is 46.6 Å². The number of rotatable bonds is 6. The van der Waals surface area contributed by atoms with E-state index >= 15 is 0 Å². The molecule has 4 nitrogen and oxygen atoms in total. The number of esters is 1. The van der Waals surface area contributed by atoms with Crippen molar-refractivity contribution in [2.75, 3.05) is 13.2 Å². The number of amides is 1. The highest BCUT2D eigenvalue weighted by atomic mass is 19.1. The molecule has 2 atom stereocenters. The van der Waals surface area contributed by atoms with Crippen molar-refractivity contribution in [1.29, 1.82) is 0 Å². The van der Waals surface area contributed by atoms with Crippen molar-refractivity contribution >= 4 is 11.9 Å². The summed E-state index contributed by atoms with van der Waals surface area (Å²) in [5.74, 6) is -0.367. The predicted molar refractivity (Wildman–Crippen MR) is 69.9 cm³/mol. The van der Waals surface area contributed by atoms with Gasteiger partial charge in [-0.3, -0.25) is 4.79 Å². The molecule has 0 aliphatic carbocycles. The number of likely N-dealkylation sites (tertiary alicyclic amines) is 1. The molecule has 5 heteroatoms. The minimum Gasteiger partial charge on any atom is -0.464 e. The average Bonchev–Trinajstić information content (AvgIpc) is 2.69. The van der Waals surface area contributed by atoms with Crippen LogP contribution in [0.1, 0.15) is 33.6 Å². The van der Waals surface area contributed by atoms with Gasteiger partial charge in [0.2, 0.25) is 5.91 Å². The molecule has 0 aromatic carbocycles. The molecule has 0 spiro atoms. The van der Waals surface area contributed by atoms with Crippen molar-refractivity contribution in [2.24, 2.45) is 11.8 Å². The van der Waals surface area contributed by atoms with Crippen LogP contribution in [-0.2, 0) is 14.3 Å². The number of nitrogens with zero attached hydrogens (tertiary/aromatic N) is 1. The highest BCUT2D eigenvalue weighted by molar-refractivity contribution is 5.86. The Morgan fingerprint density at radius 2 is 2.26 bits per heavy atom. The van der Waals surface area contributed by atoms with E-state index in [0.717, 1.165) is 0 Å². The Labute approximate surface area is 113 Å². The van der Waals surface area contributed by atoms with Gasteiger partial charge in [-0.25, -0.2) is 9.18 Å². The maximum Gasteiger partial charge on any atom is 0.328 e. The summed E-state index contributed by atoms with van der Waals surface area (Å²) in [7, 11) is 0. The van der Waals surface area contributed by atoms with Crippen molar-refractivity contribution < 1.29 is 18.7 Å². The lowest BCUT2D eigenvalue weighted by atomic mass is 10.1. The van der Waals surface area contributed by atoms with Crippen LogP contribution in [0.5, 0.6) is 0 Å². The van der Waals surface area contributed by atoms with E-state index in [0.29, 0.717) is 25.9 Å². The average molecular weight is 271 g/mol. The van der Waals surface area contributed by atoms with Gasteiger partial charge in [0, 0.05) is 18.9 Å². The van der Waals surface area contributed by atoms with Crippen LogP contribution >= 0.6 is 0 Å². The molecule has 1 aliphatic rings. The maximum atomic E-state index is 12.1. The van der Waals surface area contributed by atoms with Crippen LogP contribution in [0.25, 0.3) is 0 Å². The Morgan fingerprint density at radius 3 is 2.79 bits per heavy atom. The summed E-state index contributed by atoms with van der Waals surface area (Å²) in [5, 5.41) is 0. The largest absolute Gasteiger partial charge is 0.464 e. The zero-order valence-corrected chi connectivity index (χ0v) is 11.8. The number of carbonyl (C=O) groups excluding carboxylic acids is 2. The molecule has 0 bridgehead atoms. The molecule has 19 heavy (non-hydrogen) atoms. The molecular weight excluding hydrogens is 249 g/mol. The second-order valence-electron chi connectivity index (χ2n) is 5.28. The first-order valence-corrected chi connectivity index (χ1v) is 6.72. The van der Waals surface area contributed by atoms with Crippen molar-refractivity contribution in [3.63, 3.8) is 0 Å². The summed E-state index contributed by atoms with van der Waals surface area (Å²) >= 11 is 0. The Bertz CT molecular complexity index is 355. The summed E-state index contributed by atoms with van der Waals surface area (Å²) in [5.41, 5.74) is 0. The van der Waals surface area contributed by atoms with E-state index in [4.69, 9.17) is 4.74 Å². The van der Waals surface area contributed by atoms with Gasteiger partial charge in [0.1, 0.15) is 6.04 Å². The van der Waals surface area contributed by atoms with E-state index < -0.39 is 6.04 Å². The molecule has 1 heterocycles. The third-order valence-electron chi connectivity index (χ3n) is 3.13. The van der Waals surface area contributed by atoms with E-state index in [9.17, 15) is 14.0 Å². The molecule has 0 aromatic rings. The van der Waals surface area contributed by atoms with Gasteiger partial charge in [0.15, 0.2) is 0 Å². The molecule has 1 aliphatic heterocycles. The molecule has 108 valence electrons. The zero-order chi connectivity index (χ0) is 14.4. The van der Waals surface area contributed by atoms with Crippen LogP contribution in [-0.4, -0.2) is 36.0 Å². The predicted octanol–water partition coefficient (Wildman–Crippen LogP) is 2.30. The van der Waals surface area contributed by atoms with Gasteiger partial charge < -0.3 is 9.64 Å². The lowest BCUT2D eigenvalue weighted by Crippen LogP contribution is -2.43. The fourth-order valence-electron chi connectivity index (χ4n) is 2.15. The lowest BCUT2D eigenvalue weighted by Gasteiger charge is -2.25. The normalized spacial score (nSPS) is 21.4. The first-order valence-electron chi connectivity index (χ1n) is 6.72. The Morgan fingerprint density at radius 1 is 1.58 bits per heavy atom. The van der Waals surface area contributed by atoms with Crippen molar-refractivity contribution in [3.8, 4) is 0 Å². The summed E-state index contributed by atoms with van der Waals surface area (Å²) in [4.78, 5) is 25.3. The summed E-state index contributed by atoms with van der Waals surface area (Å²) < 4.78 is 17.3. The number of ether oxygens (including phenoxy) is 1. The first-order chi connectivity index (χ1) is 8.99. The summed E-state index contributed by atoms with van der Waals surface area (Å²) in [6, 6.07) is -0.552. The van der Waals surface area contributed by atoms with Gasteiger partial charge >= 0.3 is 5.97 Å². The Kier molecular flexibility index (Phi) is 5.99. The van der Waals surface area contributed by atoms with Crippen molar-refractivity contribution in [2.45, 2.75) is 39.7 Å². The number of hydrogen-bond acceptors (Lipinski definition) is 3. The van der Waals surface area contributed by atoms with Gasteiger partial charge in [-0.05, 0) is 12.3 Å². The van der Waals surface area contributed by atoms with Crippen LogP contribution in [0.4, 0.5) is 4.39 Å². The van der Waals surface area contributed by atoms with Gasteiger partial charge in [-0.1, -0.05) is 26.8 Å². The van der Waals surface area contributed by atoms with Gasteiger partial charge in [-0.2, -0.15) is 0 Å². The number of hydrogen-bond donors (Lipinski definition) is 0. The molecule has 1 fully saturated rings. The SMILES string of the molecule is CCC(C(=O)OCC(C)C)N1CC(/C=C\F)CC1=O. The second kappa shape index (κ2) is 7.26. The van der Waals surface area contributed by atoms with Crippen LogP contribution in [0, 0.1) is 11.8 Å². The van der Waals surface area contributed by atoms with E-state index in [1.807, 2.05) is 20.8 Å². The van der Waals surface area contributed by atoms with Crippen LogP contribution < -0.4 is 0 Å². The minimum absolute atomic E-state index is 0.114. The first kappa shape index (κ1) is 15.7. The third kappa shape index (κ3) is 4.33. The molecule has 0 N–H and O–H groups in total. The molecule has 0 aromatic heterocycles. The fourth-order valence-corrected chi connectivity index (χ4v) is 2.15. The molecule has 1 amide bonds. The molecule has 0 saturated carbocycles. The van der Waals surface area contributed by atoms with Gasteiger partial charge in [0.25, 0.3) is 0 Å². The van der Waals surface area contributed by atoms with Crippen LogP contribution in [0.15, 0.2) is 12.4 Å². The zero-order valence-electron chi connectivity index (χ0n) is 11.8. The van der Waals surface area contributed by atoms with E-state index in [1.54, 1.807) is 0 Å². The van der Waals surface area contributed by atoms with E-state index in [-0.39, 0.29) is 30.1 Å². The molecule has 0 radical (unpaired) electrons. The number of halogens is 1. The lowest BCUT2D eigenvalue weighted by molar-refractivity contribution is -0.154. The fraction of sp³-hybridized carbons (Fsp3) is 0.714.